The van der Waals surface area contributed by atoms with Gasteiger partial charge in [-0.05, 0) is 38.1 Å². The number of esters is 1. The van der Waals surface area contributed by atoms with Crippen LogP contribution in [-0.2, 0) is 4.74 Å². The third-order valence-electron chi connectivity index (χ3n) is 2.46. The van der Waals surface area contributed by atoms with E-state index in [0.717, 1.165) is 11.1 Å². The van der Waals surface area contributed by atoms with Crippen LogP contribution in [0.3, 0.4) is 0 Å². The van der Waals surface area contributed by atoms with Crippen LogP contribution in [0.2, 0.25) is 0 Å². The summed E-state index contributed by atoms with van der Waals surface area (Å²) in [5.74, 6) is 0.332. The van der Waals surface area contributed by atoms with Crippen LogP contribution in [0.15, 0.2) is 30.3 Å². The highest BCUT2D eigenvalue weighted by atomic mass is 16.5. The maximum Gasteiger partial charge on any atom is 0.357 e. The number of hydrogen-bond donors (Lipinski definition) is 0. The smallest absolute Gasteiger partial charge is 0.357 e. The first-order chi connectivity index (χ1) is 8.61. The number of nitrogens with zero attached hydrogens (tertiary/aromatic N) is 1. The third kappa shape index (κ3) is 2.42. The van der Waals surface area contributed by atoms with E-state index in [4.69, 9.17) is 9.47 Å². The number of aromatic nitrogens is 1. The summed E-state index contributed by atoms with van der Waals surface area (Å²) in [6, 6.07) is 9.00. The molecule has 4 heteroatoms. The Balaban J connectivity index is 2.42. The molecule has 0 amide bonds. The lowest BCUT2D eigenvalue weighted by atomic mass is 10.2. The Bertz CT molecular complexity index is 578. The van der Waals surface area contributed by atoms with Crippen molar-refractivity contribution < 1.29 is 14.3 Å². The fraction of sp³-hybridized carbons (Fsp3) is 0.286. The summed E-state index contributed by atoms with van der Waals surface area (Å²) in [5, 5.41) is 0.876. The lowest BCUT2D eigenvalue weighted by Gasteiger charge is -2.09. The molecule has 0 saturated heterocycles. The Labute approximate surface area is 106 Å². The van der Waals surface area contributed by atoms with Gasteiger partial charge in [0.25, 0.3) is 0 Å². The molecule has 0 aliphatic rings. The number of fused-ring (bicyclic) bond motifs is 1. The fourth-order valence-corrected chi connectivity index (χ4v) is 1.69. The van der Waals surface area contributed by atoms with Crippen molar-refractivity contribution in [3.05, 3.63) is 36.0 Å². The normalized spacial score (nSPS) is 10.7. The first-order valence-corrected chi connectivity index (χ1v) is 5.76. The van der Waals surface area contributed by atoms with Gasteiger partial charge in [-0.25, -0.2) is 9.78 Å². The number of hydrogen-bond acceptors (Lipinski definition) is 4. The summed E-state index contributed by atoms with van der Waals surface area (Å²) in [5.41, 5.74) is 1.03. The van der Waals surface area contributed by atoms with Gasteiger partial charge < -0.3 is 9.47 Å². The summed E-state index contributed by atoms with van der Waals surface area (Å²) in [6.45, 7) is 3.62. The van der Waals surface area contributed by atoms with E-state index in [0.29, 0.717) is 11.2 Å². The van der Waals surface area contributed by atoms with Gasteiger partial charge in [-0.3, -0.25) is 0 Å². The molecule has 0 bridgehead atoms. The molecule has 0 spiro atoms. The minimum Gasteiger partial charge on any atom is -0.496 e. The molecule has 1 aromatic carbocycles. The second-order valence-corrected chi connectivity index (χ2v) is 4.18. The molecule has 1 heterocycles. The van der Waals surface area contributed by atoms with Crippen LogP contribution in [0, 0.1) is 0 Å². The van der Waals surface area contributed by atoms with Gasteiger partial charge in [-0.1, -0.05) is 6.07 Å². The van der Waals surface area contributed by atoms with Crippen LogP contribution in [0.5, 0.6) is 5.75 Å². The number of ether oxygens (including phenoxy) is 2. The van der Waals surface area contributed by atoms with E-state index in [1.807, 2.05) is 38.1 Å². The zero-order valence-corrected chi connectivity index (χ0v) is 10.6. The molecule has 0 aliphatic carbocycles. The maximum atomic E-state index is 11.7. The first kappa shape index (κ1) is 12.4. The first-order valence-electron chi connectivity index (χ1n) is 5.76. The van der Waals surface area contributed by atoms with E-state index >= 15 is 0 Å². The Morgan fingerprint density at radius 2 is 2.00 bits per heavy atom. The van der Waals surface area contributed by atoms with Crippen LogP contribution >= 0.6 is 0 Å². The number of benzene rings is 1. The van der Waals surface area contributed by atoms with Crippen molar-refractivity contribution in [3.63, 3.8) is 0 Å². The molecule has 0 unspecified atom stereocenters. The third-order valence-corrected chi connectivity index (χ3v) is 2.46. The van der Waals surface area contributed by atoms with Gasteiger partial charge in [0, 0.05) is 5.39 Å². The van der Waals surface area contributed by atoms with Gasteiger partial charge in [0.1, 0.15) is 11.4 Å². The molecule has 0 N–H and O–H groups in total. The van der Waals surface area contributed by atoms with Crippen molar-refractivity contribution in [1.82, 2.24) is 4.98 Å². The number of pyridine rings is 1. The van der Waals surface area contributed by atoms with E-state index in [1.165, 1.54) is 0 Å². The zero-order chi connectivity index (χ0) is 13.1. The monoisotopic (exact) mass is 245 g/mol. The van der Waals surface area contributed by atoms with Crippen LogP contribution in [0.1, 0.15) is 24.3 Å². The molecule has 0 radical (unpaired) electrons. The molecule has 2 aromatic rings. The van der Waals surface area contributed by atoms with Crippen molar-refractivity contribution in [2.75, 3.05) is 7.11 Å². The van der Waals surface area contributed by atoms with Gasteiger partial charge in [0.2, 0.25) is 0 Å². The Morgan fingerprint density at radius 3 is 2.67 bits per heavy atom. The summed E-state index contributed by atoms with van der Waals surface area (Å²) in [4.78, 5) is 16.0. The summed E-state index contributed by atoms with van der Waals surface area (Å²) in [7, 11) is 1.61. The second-order valence-electron chi connectivity index (χ2n) is 4.18. The Morgan fingerprint density at radius 1 is 1.22 bits per heavy atom. The average molecular weight is 245 g/mol. The molecule has 2 rings (SSSR count). The molecular formula is C14H15NO3. The number of carbonyl (C=O) groups excluding carboxylic acids is 1. The highest BCUT2D eigenvalue weighted by Gasteiger charge is 2.12. The lowest BCUT2D eigenvalue weighted by Crippen LogP contribution is -2.13. The molecule has 18 heavy (non-hydrogen) atoms. The fourth-order valence-electron chi connectivity index (χ4n) is 1.69. The molecule has 94 valence electrons. The van der Waals surface area contributed by atoms with Gasteiger partial charge in [0.05, 0.1) is 18.7 Å². The Kier molecular flexibility index (Phi) is 3.46. The van der Waals surface area contributed by atoms with Gasteiger partial charge >= 0.3 is 5.97 Å². The SMILES string of the molecule is COc1cccc2nc(C(=O)OC(C)C)ccc12. The largest absolute Gasteiger partial charge is 0.496 e. The van der Waals surface area contributed by atoms with Crippen LogP contribution < -0.4 is 4.74 Å². The number of methoxy groups -OCH3 is 1. The molecule has 0 aliphatic heterocycles. The molecule has 0 fully saturated rings. The highest BCUT2D eigenvalue weighted by Crippen LogP contribution is 2.24. The topological polar surface area (TPSA) is 48.4 Å². The van der Waals surface area contributed by atoms with Crippen molar-refractivity contribution >= 4 is 16.9 Å². The van der Waals surface area contributed by atoms with E-state index in [9.17, 15) is 4.79 Å². The minimum absolute atomic E-state index is 0.152. The lowest BCUT2D eigenvalue weighted by molar-refractivity contribution is 0.0371. The van der Waals surface area contributed by atoms with Crippen LogP contribution in [-0.4, -0.2) is 24.2 Å². The predicted molar refractivity (Wildman–Crippen MR) is 68.8 cm³/mol. The standard InChI is InChI=1S/C14H15NO3/c1-9(2)18-14(16)12-8-7-10-11(15-12)5-4-6-13(10)17-3/h4-9H,1-3H3. The quantitative estimate of drug-likeness (QED) is 0.780. The second kappa shape index (κ2) is 5.04. The summed E-state index contributed by atoms with van der Waals surface area (Å²) < 4.78 is 10.3. The summed E-state index contributed by atoms with van der Waals surface area (Å²) >= 11 is 0. The molecule has 4 nitrogen and oxygen atoms in total. The Hall–Kier alpha value is -2.10. The molecular weight excluding hydrogens is 230 g/mol. The van der Waals surface area contributed by atoms with Crippen molar-refractivity contribution in [2.45, 2.75) is 20.0 Å². The summed E-state index contributed by atoms with van der Waals surface area (Å²) in [6.07, 6.45) is -0.152. The molecule has 0 saturated carbocycles. The van der Waals surface area contributed by atoms with Crippen molar-refractivity contribution in [2.24, 2.45) is 0 Å². The van der Waals surface area contributed by atoms with E-state index < -0.39 is 5.97 Å². The molecule has 0 atom stereocenters. The van der Waals surface area contributed by atoms with E-state index in [-0.39, 0.29) is 6.10 Å². The van der Waals surface area contributed by atoms with Crippen molar-refractivity contribution in [3.8, 4) is 5.75 Å². The average Bonchev–Trinajstić information content (AvgIpc) is 2.36. The van der Waals surface area contributed by atoms with E-state index in [1.54, 1.807) is 13.2 Å². The molecule has 1 aromatic heterocycles. The predicted octanol–water partition coefficient (Wildman–Crippen LogP) is 2.81. The number of carbonyl (C=O) groups is 1. The van der Waals surface area contributed by atoms with Gasteiger partial charge in [-0.15, -0.1) is 0 Å². The van der Waals surface area contributed by atoms with Gasteiger partial charge in [0.15, 0.2) is 0 Å². The van der Waals surface area contributed by atoms with Crippen LogP contribution in [0.4, 0.5) is 0 Å². The van der Waals surface area contributed by atoms with E-state index in [2.05, 4.69) is 4.98 Å². The van der Waals surface area contributed by atoms with Gasteiger partial charge in [-0.2, -0.15) is 0 Å². The minimum atomic E-state index is -0.408. The van der Waals surface area contributed by atoms with Crippen LogP contribution in [0.25, 0.3) is 10.9 Å². The number of rotatable bonds is 3. The highest BCUT2D eigenvalue weighted by molar-refractivity contribution is 5.92. The van der Waals surface area contributed by atoms with Crippen molar-refractivity contribution in [1.29, 1.82) is 0 Å². The maximum absolute atomic E-state index is 11.7. The zero-order valence-electron chi connectivity index (χ0n) is 10.6.